The van der Waals surface area contributed by atoms with E-state index in [1.54, 1.807) is 19.9 Å². The van der Waals surface area contributed by atoms with Gasteiger partial charge in [-0.25, -0.2) is 4.39 Å². The van der Waals surface area contributed by atoms with Gasteiger partial charge in [0.2, 0.25) is 0 Å². The zero-order chi connectivity index (χ0) is 15.7. The number of hydrogen-bond donors (Lipinski definition) is 2. The molecule has 1 saturated heterocycles. The van der Waals surface area contributed by atoms with Crippen molar-refractivity contribution in [2.24, 2.45) is 0 Å². The summed E-state index contributed by atoms with van der Waals surface area (Å²) >= 11 is 0. The highest BCUT2D eigenvalue weighted by Crippen LogP contribution is 2.34. The molecule has 0 bridgehead atoms. The molecular formula is C16H25FN2O2. The van der Waals surface area contributed by atoms with Gasteiger partial charge in [-0.15, -0.1) is 0 Å². The largest absolute Gasteiger partial charge is 0.391 e. The summed E-state index contributed by atoms with van der Waals surface area (Å²) in [6.45, 7) is 4.69. The Morgan fingerprint density at radius 1 is 1.43 bits per heavy atom. The van der Waals surface area contributed by atoms with Gasteiger partial charge in [-0.2, -0.15) is 0 Å². The summed E-state index contributed by atoms with van der Waals surface area (Å²) in [6.07, 6.45) is -0.441. The van der Waals surface area contributed by atoms with Crippen LogP contribution >= 0.6 is 0 Å². The Morgan fingerprint density at radius 2 is 2.10 bits per heavy atom. The summed E-state index contributed by atoms with van der Waals surface area (Å²) in [7, 11) is 3.99. The normalized spacial score (nSPS) is 23.9. The van der Waals surface area contributed by atoms with E-state index >= 15 is 0 Å². The minimum absolute atomic E-state index is 0.164. The van der Waals surface area contributed by atoms with E-state index in [2.05, 4.69) is 9.80 Å². The summed E-state index contributed by atoms with van der Waals surface area (Å²) in [5, 5.41) is 19.9. The Hall–Kier alpha value is -1.17. The molecule has 5 heteroatoms. The van der Waals surface area contributed by atoms with Gasteiger partial charge in [-0.3, -0.25) is 0 Å². The highest BCUT2D eigenvalue weighted by molar-refractivity contribution is 5.58. The highest BCUT2D eigenvalue weighted by atomic mass is 19.1. The Labute approximate surface area is 125 Å². The number of benzene rings is 1. The average Bonchev–Trinajstić information content (AvgIpc) is 2.71. The van der Waals surface area contributed by atoms with Gasteiger partial charge in [-0.1, -0.05) is 0 Å². The molecule has 0 spiro atoms. The van der Waals surface area contributed by atoms with E-state index in [0.29, 0.717) is 24.1 Å². The number of likely N-dealkylation sites (N-methyl/N-ethyl adjacent to an activating group) is 1. The number of halogens is 1. The maximum atomic E-state index is 13.8. The van der Waals surface area contributed by atoms with Crippen LogP contribution in [0.25, 0.3) is 0 Å². The number of aryl methyl sites for hydroxylation is 1. The maximum Gasteiger partial charge on any atom is 0.126 e. The standard InChI is InChI=1S/C16H25FN2O2/c1-10-5-16(14(11(2)20)7-15(10)17)19-9-13(21)6-12(19)8-18(3)4/h5,7,11-13,20-21H,6,8-9H2,1-4H3/t11-,12?,13?/m0/s1. The molecule has 0 saturated carbocycles. The lowest BCUT2D eigenvalue weighted by Crippen LogP contribution is -2.38. The molecule has 21 heavy (non-hydrogen) atoms. The Bertz CT molecular complexity index is 505. The number of nitrogens with zero attached hydrogens (tertiary/aromatic N) is 2. The molecule has 2 N–H and O–H groups in total. The quantitative estimate of drug-likeness (QED) is 0.887. The lowest BCUT2D eigenvalue weighted by Gasteiger charge is -2.31. The van der Waals surface area contributed by atoms with Crippen molar-refractivity contribution in [1.82, 2.24) is 4.90 Å². The van der Waals surface area contributed by atoms with Crippen molar-refractivity contribution in [1.29, 1.82) is 0 Å². The zero-order valence-corrected chi connectivity index (χ0v) is 13.2. The molecule has 0 aromatic heterocycles. The van der Waals surface area contributed by atoms with E-state index in [1.807, 2.05) is 14.1 Å². The van der Waals surface area contributed by atoms with Crippen LogP contribution in [0.4, 0.5) is 10.1 Å². The molecule has 4 nitrogen and oxygen atoms in total. The topological polar surface area (TPSA) is 46.9 Å². The van der Waals surface area contributed by atoms with Crippen molar-refractivity contribution in [3.8, 4) is 0 Å². The van der Waals surface area contributed by atoms with E-state index < -0.39 is 6.10 Å². The lowest BCUT2D eigenvalue weighted by molar-refractivity contribution is 0.191. The summed E-state index contributed by atoms with van der Waals surface area (Å²) in [5.41, 5.74) is 1.96. The van der Waals surface area contributed by atoms with Crippen LogP contribution in [0.1, 0.15) is 30.6 Å². The fourth-order valence-corrected chi connectivity index (χ4v) is 3.05. The number of rotatable bonds is 4. The Kier molecular flexibility index (Phi) is 4.86. The lowest BCUT2D eigenvalue weighted by atomic mass is 10.0. The number of β-amino-alcohol motifs (C(OH)–C–C–N with tert-alkyl or cyclic N) is 1. The minimum Gasteiger partial charge on any atom is -0.391 e. The second kappa shape index (κ2) is 6.30. The van der Waals surface area contributed by atoms with Gasteiger partial charge in [-0.05, 0) is 52.1 Å². The molecule has 0 aliphatic carbocycles. The third-order valence-electron chi connectivity index (χ3n) is 4.04. The van der Waals surface area contributed by atoms with Gasteiger partial charge in [0, 0.05) is 30.4 Å². The van der Waals surface area contributed by atoms with Crippen molar-refractivity contribution in [3.05, 3.63) is 29.1 Å². The van der Waals surface area contributed by atoms with Gasteiger partial charge >= 0.3 is 0 Å². The first kappa shape index (κ1) is 16.2. The monoisotopic (exact) mass is 296 g/mol. The van der Waals surface area contributed by atoms with Gasteiger partial charge in [0.1, 0.15) is 5.82 Å². The average molecular weight is 296 g/mol. The van der Waals surface area contributed by atoms with Crippen LogP contribution in [0.5, 0.6) is 0 Å². The molecule has 0 amide bonds. The molecule has 2 rings (SSSR count). The van der Waals surface area contributed by atoms with E-state index in [0.717, 1.165) is 12.2 Å². The van der Waals surface area contributed by atoms with Gasteiger partial charge < -0.3 is 20.0 Å². The van der Waals surface area contributed by atoms with Gasteiger partial charge in [0.25, 0.3) is 0 Å². The van der Waals surface area contributed by atoms with Gasteiger partial charge in [0.05, 0.1) is 12.2 Å². The molecule has 1 aromatic carbocycles. The molecule has 118 valence electrons. The van der Waals surface area contributed by atoms with Crippen molar-refractivity contribution >= 4 is 5.69 Å². The minimum atomic E-state index is -0.743. The van der Waals surface area contributed by atoms with E-state index in [-0.39, 0.29) is 18.0 Å². The third-order valence-corrected chi connectivity index (χ3v) is 4.04. The maximum absolute atomic E-state index is 13.8. The fourth-order valence-electron chi connectivity index (χ4n) is 3.05. The molecule has 1 aliphatic heterocycles. The highest BCUT2D eigenvalue weighted by Gasteiger charge is 2.33. The first-order valence-electron chi connectivity index (χ1n) is 7.37. The number of anilines is 1. The molecule has 1 fully saturated rings. The van der Waals surface area contributed by atoms with Crippen molar-refractivity contribution in [2.45, 2.75) is 38.5 Å². The van der Waals surface area contributed by atoms with Crippen LogP contribution in [0.15, 0.2) is 12.1 Å². The van der Waals surface area contributed by atoms with Crippen LogP contribution in [0.2, 0.25) is 0 Å². The third kappa shape index (κ3) is 3.54. The molecule has 0 radical (unpaired) electrons. The number of hydrogen-bond acceptors (Lipinski definition) is 4. The van der Waals surface area contributed by atoms with Crippen molar-refractivity contribution < 1.29 is 14.6 Å². The predicted molar refractivity (Wildman–Crippen MR) is 82.1 cm³/mol. The second-order valence-electron chi connectivity index (χ2n) is 6.29. The molecule has 1 heterocycles. The first-order valence-corrected chi connectivity index (χ1v) is 7.37. The van der Waals surface area contributed by atoms with Crippen LogP contribution < -0.4 is 4.90 Å². The van der Waals surface area contributed by atoms with E-state index in [9.17, 15) is 14.6 Å². The van der Waals surface area contributed by atoms with Crippen LogP contribution in [0.3, 0.4) is 0 Å². The van der Waals surface area contributed by atoms with E-state index in [4.69, 9.17) is 0 Å². The number of aliphatic hydroxyl groups is 2. The Balaban J connectivity index is 2.41. The molecule has 3 atom stereocenters. The first-order chi connectivity index (χ1) is 9.79. The van der Waals surface area contributed by atoms with E-state index in [1.165, 1.54) is 6.07 Å². The predicted octanol–water partition coefficient (Wildman–Crippen LogP) is 1.69. The Morgan fingerprint density at radius 3 is 2.67 bits per heavy atom. The molecule has 2 unspecified atom stereocenters. The molecule has 1 aromatic rings. The van der Waals surface area contributed by atoms with Gasteiger partial charge in [0.15, 0.2) is 0 Å². The second-order valence-corrected chi connectivity index (χ2v) is 6.29. The van der Waals surface area contributed by atoms with Crippen LogP contribution in [-0.2, 0) is 0 Å². The van der Waals surface area contributed by atoms with Crippen molar-refractivity contribution in [3.63, 3.8) is 0 Å². The summed E-state index contributed by atoms with van der Waals surface area (Å²) in [4.78, 5) is 4.17. The van der Waals surface area contributed by atoms with Crippen molar-refractivity contribution in [2.75, 3.05) is 32.1 Å². The SMILES string of the molecule is Cc1cc(N2CC(O)CC2CN(C)C)c([C@H](C)O)cc1F. The number of aliphatic hydroxyl groups excluding tert-OH is 2. The van der Waals surface area contributed by atoms with Crippen LogP contribution in [-0.4, -0.2) is 54.4 Å². The summed E-state index contributed by atoms with van der Waals surface area (Å²) < 4.78 is 13.8. The fraction of sp³-hybridized carbons (Fsp3) is 0.625. The molecule has 1 aliphatic rings. The zero-order valence-electron chi connectivity index (χ0n) is 13.2. The smallest absolute Gasteiger partial charge is 0.126 e. The van der Waals surface area contributed by atoms with Crippen LogP contribution in [0, 0.1) is 12.7 Å². The summed E-state index contributed by atoms with van der Waals surface area (Å²) in [5.74, 6) is -0.307. The molecular weight excluding hydrogens is 271 g/mol. The summed E-state index contributed by atoms with van der Waals surface area (Å²) in [6, 6.07) is 3.35.